The summed E-state index contributed by atoms with van der Waals surface area (Å²) < 4.78 is 10.1. The van der Waals surface area contributed by atoms with E-state index in [1.807, 2.05) is 42.2 Å². The maximum Gasteiger partial charge on any atom is 0.323 e. The molecular formula is C16H21NO5. The monoisotopic (exact) mass is 307 g/mol. The summed E-state index contributed by atoms with van der Waals surface area (Å²) in [4.78, 5) is 14.2. The molecule has 2 aliphatic rings. The van der Waals surface area contributed by atoms with Gasteiger partial charge in [-0.05, 0) is 18.9 Å². The van der Waals surface area contributed by atoms with Gasteiger partial charge in [0.15, 0.2) is 12.6 Å². The van der Waals surface area contributed by atoms with Crippen LogP contribution >= 0.6 is 0 Å². The van der Waals surface area contributed by atoms with Crippen LogP contribution in [-0.4, -0.2) is 52.9 Å². The molecule has 2 fully saturated rings. The van der Waals surface area contributed by atoms with E-state index < -0.39 is 30.5 Å². The first kappa shape index (κ1) is 15.4. The number of rotatable bonds is 3. The predicted molar refractivity (Wildman–Crippen MR) is 77.5 cm³/mol. The second-order valence-corrected chi connectivity index (χ2v) is 5.89. The minimum absolute atomic E-state index is 0.108. The third-order valence-electron chi connectivity index (χ3n) is 4.77. The lowest BCUT2D eigenvalue weighted by molar-refractivity contribution is -0.254. The van der Waals surface area contributed by atoms with Crippen LogP contribution in [0.15, 0.2) is 30.3 Å². The lowest BCUT2D eigenvalue weighted by atomic mass is 9.96. The quantitative estimate of drug-likeness (QED) is 0.798. The Kier molecular flexibility index (Phi) is 4.18. The van der Waals surface area contributed by atoms with Crippen molar-refractivity contribution >= 4 is 5.97 Å². The summed E-state index contributed by atoms with van der Waals surface area (Å²) in [5.74, 6) is -0.806. The summed E-state index contributed by atoms with van der Waals surface area (Å²) in [6.45, 7) is 1.98. The molecule has 1 aromatic rings. The van der Waals surface area contributed by atoms with Crippen LogP contribution in [0.5, 0.6) is 0 Å². The maximum atomic E-state index is 12.2. The van der Waals surface area contributed by atoms with Crippen LogP contribution in [0, 0.1) is 5.92 Å². The zero-order valence-corrected chi connectivity index (χ0v) is 12.6. The van der Waals surface area contributed by atoms with E-state index in [1.54, 1.807) is 0 Å². The minimum Gasteiger partial charge on any atom is -0.468 e. The fourth-order valence-electron chi connectivity index (χ4n) is 3.68. The Bertz CT molecular complexity index is 537. The lowest BCUT2D eigenvalue weighted by Crippen LogP contribution is -2.47. The molecule has 3 rings (SSSR count). The highest BCUT2D eigenvalue weighted by molar-refractivity contribution is 5.77. The molecule has 6 nitrogen and oxygen atoms in total. The van der Waals surface area contributed by atoms with Gasteiger partial charge in [0.05, 0.1) is 13.2 Å². The first-order chi connectivity index (χ1) is 10.5. The summed E-state index contributed by atoms with van der Waals surface area (Å²) in [6, 6.07) is 8.67. The Morgan fingerprint density at radius 3 is 2.64 bits per heavy atom. The van der Waals surface area contributed by atoms with Crippen LogP contribution in [0.25, 0.3) is 0 Å². The number of ether oxygens (including phenoxy) is 2. The molecule has 0 spiro atoms. The summed E-state index contributed by atoms with van der Waals surface area (Å²) in [7, 11) is 1.33. The SMILES string of the molecule is COC(=O)[C@H]1[C@H]2C[C@H](C(O)OC2O)N1[C@@H](C)c1ccccc1. The Balaban J connectivity index is 1.97. The molecule has 0 aromatic heterocycles. The van der Waals surface area contributed by atoms with Gasteiger partial charge in [-0.1, -0.05) is 30.3 Å². The van der Waals surface area contributed by atoms with E-state index in [0.29, 0.717) is 6.42 Å². The van der Waals surface area contributed by atoms with Gasteiger partial charge in [-0.3, -0.25) is 9.69 Å². The van der Waals surface area contributed by atoms with E-state index in [2.05, 4.69) is 0 Å². The molecule has 1 aromatic carbocycles. The first-order valence-electron chi connectivity index (χ1n) is 7.46. The van der Waals surface area contributed by atoms with Crippen molar-refractivity contribution in [1.82, 2.24) is 4.90 Å². The molecule has 0 aliphatic carbocycles. The number of methoxy groups -OCH3 is 1. The van der Waals surface area contributed by atoms with E-state index in [-0.39, 0.29) is 12.1 Å². The van der Waals surface area contributed by atoms with Crippen LogP contribution in [0.4, 0.5) is 0 Å². The standard InChI is InChI=1S/C16H21NO5/c1-9(10-6-4-3-5-7-10)17-12-8-11(13(17)16(20)21-2)14(18)22-15(12)19/h3-7,9,11-15,18-19H,8H2,1-2H3/t9-,11+,12+,13+,14?,15?/m0/s1. The molecule has 22 heavy (non-hydrogen) atoms. The first-order valence-corrected chi connectivity index (χ1v) is 7.46. The molecule has 2 saturated heterocycles. The number of hydrogen-bond donors (Lipinski definition) is 2. The van der Waals surface area contributed by atoms with Crippen molar-refractivity contribution in [3.8, 4) is 0 Å². The summed E-state index contributed by atoms with van der Waals surface area (Å²) >= 11 is 0. The van der Waals surface area contributed by atoms with E-state index in [4.69, 9.17) is 9.47 Å². The topological polar surface area (TPSA) is 79.2 Å². The number of benzene rings is 1. The van der Waals surface area contributed by atoms with E-state index >= 15 is 0 Å². The number of likely N-dealkylation sites (tertiary alicyclic amines) is 1. The van der Waals surface area contributed by atoms with Gasteiger partial charge in [-0.2, -0.15) is 0 Å². The molecule has 2 unspecified atom stereocenters. The second-order valence-electron chi connectivity index (χ2n) is 5.89. The summed E-state index contributed by atoms with van der Waals surface area (Å²) in [6.07, 6.45) is -1.78. The number of aliphatic hydroxyl groups is 2. The average molecular weight is 307 g/mol. The van der Waals surface area contributed by atoms with Crippen molar-refractivity contribution in [2.24, 2.45) is 5.92 Å². The number of esters is 1. The molecule has 6 atom stereocenters. The fourth-order valence-corrected chi connectivity index (χ4v) is 3.68. The van der Waals surface area contributed by atoms with Crippen molar-refractivity contribution in [2.75, 3.05) is 7.11 Å². The van der Waals surface area contributed by atoms with Crippen LogP contribution in [0.3, 0.4) is 0 Å². The van der Waals surface area contributed by atoms with Gasteiger partial charge < -0.3 is 19.7 Å². The number of fused-ring (bicyclic) bond motifs is 2. The normalized spacial score (nSPS) is 36.1. The molecule has 2 N–H and O–H groups in total. The van der Waals surface area contributed by atoms with Gasteiger partial charge in [0.25, 0.3) is 0 Å². The highest BCUT2D eigenvalue weighted by atomic mass is 16.7. The maximum absolute atomic E-state index is 12.2. The van der Waals surface area contributed by atoms with Gasteiger partial charge in [0.2, 0.25) is 0 Å². The van der Waals surface area contributed by atoms with Crippen molar-refractivity contribution in [3.05, 3.63) is 35.9 Å². The highest BCUT2D eigenvalue weighted by Crippen LogP contribution is 2.44. The van der Waals surface area contributed by atoms with Crippen LogP contribution in [0.2, 0.25) is 0 Å². The van der Waals surface area contributed by atoms with Crippen LogP contribution in [-0.2, 0) is 14.3 Å². The molecule has 2 bridgehead atoms. The Labute approximate surface area is 129 Å². The third kappa shape index (κ3) is 2.42. The zero-order valence-electron chi connectivity index (χ0n) is 12.6. The van der Waals surface area contributed by atoms with Gasteiger partial charge in [-0.25, -0.2) is 0 Å². The number of aliphatic hydroxyl groups excluding tert-OH is 2. The number of nitrogens with zero attached hydrogens (tertiary/aromatic N) is 1. The van der Waals surface area contributed by atoms with E-state index in [0.717, 1.165) is 5.56 Å². The molecule has 0 amide bonds. The second kappa shape index (κ2) is 5.96. The van der Waals surface area contributed by atoms with Crippen molar-refractivity contribution < 1.29 is 24.5 Å². The third-order valence-corrected chi connectivity index (χ3v) is 4.77. The van der Waals surface area contributed by atoms with E-state index in [9.17, 15) is 15.0 Å². The molecule has 0 radical (unpaired) electrons. The van der Waals surface area contributed by atoms with Crippen LogP contribution in [0.1, 0.15) is 24.9 Å². The highest BCUT2D eigenvalue weighted by Gasteiger charge is 2.56. The molecule has 2 aliphatic heterocycles. The minimum atomic E-state index is -1.16. The van der Waals surface area contributed by atoms with Gasteiger partial charge in [0.1, 0.15) is 6.04 Å². The smallest absolute Gasteiger partial charge is 0.323 e. The van der Waals surface area contributed by atoms with E-state index in [1.165, 1.54) is 7.11 Å². The number of hydrogen-bond acceptors (Lipinski definition) is 6. The predicted octanol–water partition coefficient (Wildman–Crippen LogP) is 0.647. The molecule has 6 heteroatoms. The molecular weight excluding hydrogens is 286 g/mol. The summed E-state index contributed by atoms with van der Waals surface area (Å²) in [5.41, 5.74) is 1.03. The largest absolute Gasteiger partial charge is 0.468 e. The average Bonchev–Trinajstić information content (AvgIpc) is 2.90. The number of carbonyl (C=O) groups is 1. The Morgan fingerprint density at radius 1 is 1.32 bits per heavy atom. The van der Waals surface area contributed by atoms with Crippen LogP contribution < -0.4 is 0 Å². The molecule has 120 valence electrons. The molecule has 2 heterocycles. The summed E-state index contributed by atoms with van der Waals surface area (Å²) in [5, 5.41) is 20.2. The van der Waals surface area contributed by atoms with Crippen molar-refractivity contribution in [2.45, 2.75) is 44.1 Å². The molecule has 0 saturated carbocycles. The Morgan fingerprint density at radius 2 is 2.00 bits per heavy atom. The lowest BCUT2D eigenvalue weighted by Gasteiger charge is -2.35. The van der Waals surface area contributed by atoms with Gasteiger partial charge >= 0.3 is 5.97 Å². The van der Waals surface area contributed by atoms with Crippen molar-refractivity contribution in [3.63, 3.8) is 0 Å². The van der Waals surface area contributed by atoms with Gasteiger partial charge in [0, 0.05) is 12.0 Å². The van der Waals surface area contributed by atoms with Crippen molar-refractivity contribution in [1.29, 1.82) is 0 Å². The number of carbonyl (C=O) groups excluding carboxylic acids is 1. The van der Waals surface area contributed by atoms with Gasteiger partial charge in [-0.15, -0.1) is 0 Å². The fraction of sp³-hybridized carbons (Fsp3) is 0.562. The Hall–Kier alpha value is -1.47. The zero-order chi connectivity index (χ0) is 15.9.